The summed E-state index contributed by atoms with van der Waals surface area (Å²) in [5.41, 5.74) is 3.07. The van der Waals surface area contributed by atoms with E-state index in [-0.39, 0.29) is 6.42 Å². The van der Waals surface area contributed by atoms with Crippen molar-refractivity contribution in [1.82, 2.24) is 0 Å². The van der Waals surface area contributed by atoms with Gasteiger partial charge in [-0.3, -0.25) is 4.79 Å². The van der Waals surface area contributed by atoms with Gasteiger partial charge in [-0.1, -0.05) is 54.6 Å². The molecule has 22 heavy (non-hydrogen) atoms. The number of benzene rings is 2. The Morgan fingerprint density at radius 1 is 1.05 bits per heavy atom. The van der Waals surface area contributed by atoms with E-state index in [9.17, 15) is 13.6 Å². The Kier molecular flexibility index (Phi) is 5.28. The third kappa shape index (κ3) is 4.37. The zero-order valence-electron chi connectivity index (χ0n) is 11.7. The van der Waals surface area contributed by atoms with Crippen molar-refractivity contribution < 1.29 is 18.7 Å². The number of carbonyl (C=O) groups is 1. The molecule has 0 saturated carbocycles. The van der Waals surface area contributed by atoms with Crippen LogP contribution in [0.4, 0.5) is 0 Å². The van der Waals surface area contributed by atoms with E-state index < -0.39 is 20.0 Å². The van der Waals surface area contributed by atoms with Gasteiger partial charge in [0.05, 0.1) is 0 Å². The van der Waals surface area contributed by atoms with Crippen LogP contribution in [0.1, 0.15) is 12.0 Å². The summed E-state index contributed by atoms with van der Waals surface area (Å²) >= 11 is 4.39. The highest BCUT2D eigenvalue weighted by molar-refractivity contribution is 8.30. The molecule has 0 fully saturated rings. The van der Waals surface area contributed by atoms with Gasteiger partial charge in [0.25, 0.3) is 0 Å². The van der Waals surface area contributed by atoms with Crippen LogP contribution in [0.3, 0.4) is 0 Å². The Morgan fingerprint density at radius 2 is 1.59 bits per heavy atom. The number of hydrogen-bond acceptors (Lipinski definition) is 3. The molecule has 4 nitrogen and oxygen atoms in total. The van der Waals surface area contributed by atoms with Crippen molar-refractivity contribution in [3.63, 3.8) is 0 Å². The summed E-state index contributed by atoms with van der Waals surface area (Å²) in [5, 5.41) is 7.55. The Balaban J connectivity index is 2.07. The predicted octanol–water partition coefficient (Wildman–Crippen LogP) is 2.96. The monoisotopic (exact) mass is 336 g/mol. The number of rotatable bonds is 6. The van der Waals surface area contributed by atoms with Crippen molar-refractivity contribution in [2.24, 2.45) is 0 Å². The highest BCUT2D eigenvalue weighted by Gasteiger charge is 2.27. The lowest BCUT2D eigenvalue weighted by Gasteiger charge is -2.11. The largest absolute Gasteiger partial charge is 0.480 e. The van der Waals surface area contributed by atoms with Gasteiger partial charge in [0.2, 0.25) is 0 Å². The summed E-state index contributed by atoms with van der Waals surface area (Å²) in [7, 11) is -3.75. The minimum Gasteiger partial charge on any atom is -0.480 e. The second-order valence-electron chi connectivity index (χ2n) is 4.94. The Bertz CT molecular complexity index is 737. The lowest BCUT2D eigenvalue weighted by atomic mass is 10.0. The van der Waals surface area contributed by atoms with Gasteiger partial charge in [-0.25, -0.2) is 4.21 Å². The van der Waals surface area contributed by atoms with Crippen molar-refractivity contribution in [1.29, 1.82) is 0 Å². The number of aryl methyl sites for hydroxylation is 1. The molecular formula is C16H16O4S2. The summed E-state index contributed by atoms with van der Waals surface area (Å²) in [4.78, 5) is 11.0. The lowest BCUT2D eigenvalue weighted by Crippen LogP contribution is -2.29. The minimum absolute atomic E-state index is 0.0405. The number of aliphatic carboxylic acids is 1. The van der Waals surface area contributed by atoms with Crippen molar-refractivity contribution in [2.75, 3.05) is 0 Å². The Labute approximate surface area is 134 Å². The summed E-state index contributed by atoms with van der Waals surface area (Å²) < 4.78 is 20.7. The van der Waals surface area contributed by atoms with Gasteiger partial charge >= 0.3 is 5.97 Å². The second-order valence-corrected chi connectivity index (χ2v) is 7.98. The highest BCUT2D eigenvalue weighted by Crippen LogP contribution is 2.20. The van der Waals surface area contributed by atoms with E-state index in [1.807, 2.05) is 54.6 Å². The molecule has 116 valence electrons. The molecule has 2 rings (SSSR count). The Hall–Kier alpha value is -1.76. The van der Waals surface area contributed by atoms with Crippen molar-refractivity contribution >= 4 is 25.9 Å². The Morgan fingerprint density at radius 3 is 2.09 bits per heavy atom. The van der Waals surface area contributed by atoms with Crippen LogP contribution in [0.15, 0.2) is 54.6 Å². The van der Waals surface area contributed by atoms with Crippen LogP contribution >= 0.6 is 0 Å². The fourth-order valence-corrected chi connectivity index (χ4v) is 3.40. The normalized spacial score (nSPS) is 15.0. The van der Waals surface area contributed by atoms with E-state index in [1.165, 1.54) is 0 Å². The summed E-state index contributed by atoms with van der Waals surface area (Å²) in [5.74, 6) is -1.33. The average molecular weight is 336 g/mol. The average Bonchev–Trinajstić information content (AvgIpc) is 2.47. The smallest absolute Gasteiger partial charge is 0.321 e. The first-order valence-electron chi connectivity index (χ1n) is 6.71. The van der Waals surface area contributed by atoms with Gasteiger partial charge in [-0.15, -0.1) is 0 Å². The van der Waals surface area contributed by atoms with E-state index in [1.54, 1.807) is 0 Å². The number of carboxylic acid groups (broad SMARTS) is 1. The van der Waals surface area contributed by atoms with E-state index in [0.717, 1.165) is 16.7 Å². The molecule has 0 bridgehead atoms. The van der Waals surface area contributed by atoms with Gasteiger partial charge in [0.1, 0.15) is 0 Å². The van der Waals surface area contributed by atoms with Gasteiger partial charge in [-0.05, 0) is 29.5 Å². The van der Waals surface area contributed by atoms with E-state index in [4.69, 9.17) is 5.11 Å². The molecule has 0 amide bonds. The molecule has 0 saturated heterocycles. The van der Waals surface area contributed by atoms with Crippen LogP contribution in [0.5, 0.6) is 0 Å². The van der Waals surface area contributed by atoms with Crippen LogP contribution in [0.2, 0.25) is 0 Å². The maximum atomic E-state index is 11.4. The van der Waals surface area contributed by atoms with Crippen molar-refractivity contribution in [3.05, 3.63) is 60.2 Å². The molecule has 0 aliphatic heterocycles. The second kappa shape index (κ2) is 7.00. The van der Waals surface area contributed by atoms with Gasteiger partial charge in [0.15, 0.2) is 14.0 Å². The molecule has 6 heteroatoms. The molecule has 0 aliphatic rings. The fourth-order valence-electron chi connectivity index (χ4n) is 2.19. The molecular weight excluding hydrogens is 320 g/mol. The molecule has 0 aliphatic carbocycles. The van der Waals surface area contributed by atoms with Gasteiger partial charge < -0.3 is 9.66 Å². The van der Waals surface area contributed by atoms with Crippen LogP contribution in [0, 0.1) is 0 Å². The van der Waals surface area contributed by atoms with Gasteiger partial charge in [-0.2, -0.15) is 0 Å². The predicted molar refractivity (Wildman–Crippen MR) is 89.8 cm³/mol. The molecule has 0 spiro atoms. The van der Waals surface area contributed by atoms with Gasteiger partial charge in [0, 0.05) is 11.2 Å². The molecule has 2 aromatic rings. The van der Waals surface area contributed by atoms with Crippen LogP contribution in [-0.2, 0) is 31.2 Å². The zero-order chi connectivity index (χ0) is 16.2. The fraction of sp³-hybridized carbons (Fsp3) is 0.188. The van der Waals surface area contributed by atoms with Crippen LogP contribution in [-0.4, -0.2) is 25.1 Å². The number of hydrogen-bond donors (Lipinski definition) is 2. The third-order valence-electron chi connectivity index (χ3n) is 3.39. The van der Waals surface area contributed by atoms with E-state index in [0.29, 0.717) is 6.42 Å². The van der Waals surface area contributed by atoms with E-state index in [2.05, 4.69) is 11.2 Å². The topological polar surface area (TPSA) is 74.6 Å². The maximum Gasteiger partial charge on any atom is 0.321 e. The first kappa shape index (κ1) is 16.6. The standard InChI is InChI=1S/C16H16O4S2/c17-16(18)15(22(19,20)21)11-8-12-6-9-14(10-7-12)13-4-2-1-3-5-13/h1-7,9-10,15H,8,11H2,(H,17,18)(H,19,20,21). The zero-order valence-corrected chi connectivity index (χ0v) is 13.3. The summed E-state index contributed by atoms with van der Waals surface area (Å²) in [6.45, 7) is 0. The first-order valence-corrected chi connectivity index (χ1v) is 9.22. The third-order valence-corrected chi connectivity index (χ3v) is 5.24. The SMILES string of the molecule is O=C(O)C(CCc1ccc(-c2ccccc2)cc1)S(=O)(O)=S. The number of carboxylic acids is 1. The molecule has 0 heterocycles. The van der Waals surface area contributed by atoms with E-state index >= 15 is 0 Å². The first-order chi connectivity index (χ1) is 10.4. The molecule has 2 unspecified atom stereocenters. The quantitative estimate of drug-likeness (QED) is 0.848. The summed E-state index contributed by atoms with van der Waals surface area (Å²) in [6.07, 6.45) is 0.430. The minimum atomic E-state index is -3.75. The molecule has 0 aromatic heterocycles. The highest BCUT2D eigenvalue weighted by atomic mass is 32.8. The van der Waals surface area contributed by atoms with Crippen molar-refractivity contribution in [3.8, 4) is 11.1 Å². The molecule has 2 atom stereocenters. The van der Waals surface area contributed by atoms with Crippen molar-refractivity contribution in [2.45, 2.75) is 18.1 Å². The molecule has 2 aromatic carbocycles. The maximum absolute atomic E-state index is 11.4. The van der Waals surface area contributed by atoms with Crippen LogP contribution < -0.4 is 0 Å². The summed E-state index contributed by atoms with van der Waals surface area (Å²) in [6, 6.07) is 17.6. The molecule has 0 radical (unpaired) electrons. The lowest BCUT2D eigenvalue weighted by molar-refractivity contribution is -0.136. The molecule has 2 N–H and O–H groups in total. The van der Waals surface area contributed by atoms with Crippen LogP contribution in [0.25, 0.3) is 11.1 Å².